The zero-order chi connectivity index (χ0) is 22.5. The molecule has 0 radical (unpaired) electrons. The number of sulfone groups is 1. The van der Waals surface area contributed by atoms with E-state index in [0.29, 0.717) is 17.2 Å². The van der Waals surface area contributed by atoms with E-state index in [1.54, 1.807) is 0 Å². The van der Waals surface area contributed by atoms with Crippen molar-refractivity contribution in [3.05, 3.63) is 70.3 Å². The Labute approximate surface area is 194 Å². The van der Waals surface area contributed by atoms with Crippen molar-refractivity contribution in [1.82, 2.24) is 10.6 Å². The number of alkyl halides is 3. The van der Waals surface area contributed by atoms with Crippen LogP contribution < -0.4 is 10.6 Å². The molecule has 5 nitrogen and oxygen atoms in total. The number of hydrogen-bond acceptors (Lipinski definition) is 3. The largest absolute Gasteiger partial charge is 0.416 e. The number of nitrogens with one attached hydrogen (secondary N) is 2. The van der Waals surface area contributed by atoms with Crippen LogP contribution in [0.25, 0.3) is 0 Å². The number of aliphatic imine (C=N–C) groups is 1. The average molecular weight is 577 g/mol. The first-order chi connectivity index (χ1) is 13.9. The minimum absolute atomic E-state index is 0. The molecule has 0 aliphatic rings. The van der Waals surface area contributed by atoms with E-state index in [4.69, 9.17) is 0 Å². The monoisotopic (exact) mass is 577 g/mol. The van der Waals surface area contributed by atoms with E-state index in [0.717, 1.165) is 24.5 Å². The summed E-state index contributed by atoms with van der Waals surface area (Å²) in [6.45, 7) is -0.314. The molecule has 0 aliphatic carbocycles. The minimum atomic E-state index is -4.72. The van der Waals surface area contributed by atoms with E-state index in [1.165, 1.54) is 19.2 Å². The van der Waals surface area contributed by atoms with Gasteiger partial charge in [-0.15, -0.1) is 24.0 Å². The number of halogens is 6. The van der Waals surface area contributed by atoms with Gasteiger partial charge in [-0.2, -0.15) is 13.2 Å². The van der Waals surface area contributed by atoms with E-state index in [9.17, 15) is 30.4 Å². The van der Waals surface area contributed by atoms with Crippen molar-refractivity contribution in [3.8, 4) is 0 Å². The van der Waals surface area contributed by atoms with Crippen LogP contribution in [0.15, 0.2) is 41.4 Å². The number of hydrogen-bond donors (Lipinski definition) is 2. The summed E-state index contributed by atoms with van der Waals surface area (Å²) in [7, 11) is -1.98. The maximum absolute atomic E-state index is 13.6. The Balaban J connectivity index is 0.00000480. The van der Waals surface area contributed by atoms with Crippen molar-refractivity contribution in [2.24, 2.45) is 4.99 Å². The topological polar surface area (TPSA) is 70.6 Å². The van der Waals surface area contributed by atoms with Crippen LogP contribution in [0.3, 0.4) is 0 Å². The molecular formula is C19H21F5IN3O2S. The van der Waals surface area contributed by atoms with E-state index in [1.807, 2.05) is 0 Å². The number of benzene rings is 2. The van der Waals surface area contributed by atoms with Crippen LogP contribution in [-0.4, -0.2) is 27.7 Å². The molecule has 2 aromatic rings. The molecule has 0 fully saturated rings. The zero-order valence-electron chi connectivity index (χ0n) is 16.6. The van der Waals surface area contributed by atoms with Crippen molar-refractivity contribution in [1.29, 1.82) is 0 Å². The highest BCUT2D eigenvalue weighted by atomic mass is 127. The van der Waals surface area contributed by atoms with E-state index < -0.39 is 33.2 Å². The summed E-state index contributed by atoms with van der Waals surface area (Å²) in [6, 6.07) is 6.03. The maximum Gasteiger partial charge on any atom is 0.416 e. The molecule has 2 rings (SSSR count). The fourth-order valence-corrected chi connectivity index (χ4v) is 3.57. The second-order valence-electron chi connectivity index (χ2n) is 6.56. The summed E-state index contributed by atoms with van der Waals surface area (Å²) in [4.78, 5) is 3.88. The molecule has 0 heterocycles. The number of rotatable bonds is 6. The lowest BCUT2D eigenvalue weighted by Crippen LogP contribution is -2.37. The second kappa shape index (κ2) is 11.1. The molecule has 0 spiro atoms. The van der Waals surface area contributed by atoms with Crippen LogP contribution in [-0.2, 0) is 34.9 Å². The van der Waals surface area contributed by atoms with Gasteiger partial charge in [0.2, 0.25) is 0 Å². The van der Waals surface area contributed by atoms with Gasteiger partial charge in [-0.05, 0) is 41.0 Å². The first kappa shape index (κ1) is 27.1. The van der Waals surface area contributed by atoms with Crippen LogP contribution in [0.1, 0.15) is 22.3 Å². The lowest BCUT2D eigenvalue weighted by atomic mass is 10.1. The highest BCUT2D eigenvalue weighted by Gasteiger charge is 2.33. The van der Waals surface area contributed by atoms with Gasteiger partial charge in [-0.1, -0.05) is 12.1 Å². The molecule has 0 unspecified atom stereocenters. The van der Waals surface area contributed by atoms with Gasteiger partial charge in [0, 0.05) is 26.4 Å². The zero-order valence-corrected chi connectivity index (χ0v) is 19.7. The summed E-state index contributed by atoms with van der Waals surface area (Å²) in [5, 5.41) is 5.48. The van der Waals surface area contributed by atoms with Crippen LogP contribution in [0, 0.1) is 11.6 Å². The quantitative estimate of drug-likeness (QED) is 0.236. The van der Waals surface area contributed by atoms with Crippen molar-refractivity contribution >= 4 is 39.8 Å². The van der Waals surface area contributed by atoms with E-state index in [2.05, 4.69) is 15.6 Å². The van der Waals surface area contributed by atoms with Gasteiger partial charge in [-0.25, -0.2) is 17.2 Å². The van der Waals surface area contributed by atoms with Gasteiger partial charge in [-0.3, -0.25) is 4.99 Å². The Morgan fingerprint density at radius 2 is 1.45 bits per heavy atom. The molecule has 0 bridgehead atoms. The van der Waals surface area contributed by atoms with Gasteiger partial charge >= 0.3 is 6.18 Å². The third-order valence-electron chi connectivity index (χ3n) is 4.08. The molecular weight excluding hydrogens is 556 g/mol. The predicted octanol–water partition coefficient (Wildman–Crippen LogP) is 4.01. The van der Waals surface area contributed by atoms with Gasteiger partial charge in [0.25, 0.3) is 0 Å². The fourth-order valence-electron chi connectivity index (χ4n) is 2.73. The van der Waals surface area contributed by atoms with Crippen LogP contribution in [0.2, 0.25) is 0 Å². The molecule has 31 heavy (non-hydrogen) atoms. The highest BCUT2D eigenvalue weighted by molar-refractivity contribution is 14.0. The van der Waals surface area contributed by atoms with Crippen molar-refractivity contribution in [2.75, 3.05) is 13.3 Å². The number of nitrogens with zero attached hydrogens (tertiary/aromatic N) is 1. The fraction of sp³-hybridized carbons (Fsp3) is 0.316. The molecule has 2 aromatic carbocycles. The first-order valence-corrected chi connectivity index (χ1v) is 10.7. The van der Waals surface area contributed by atoms with E-state index >= 15 is 0 Å². The second-order valence-corrected chi connectivity index (χ2v) is 8.70. The van der Waals surface area contributed by atoms with Crippen LogP contribution in [0.4, 0.5) is 22.0 Å². The summed E-state index contributed by atoms with van der Waals surface area (Å²) < 4.78 is 89.2. The lowest BCUT2D eigenvalue weighted by Gasteiger charge is -2.17. The predicted molar refractivity (Wildman–Crippen MR) is 119 cm³/mol. The third kappa shape index (κ3) is 8.59. The maximum atomic E-state index is 13.6. The van der Waals surface area contributed by atoms with Gasteiger partial charge in [0.1, 0.15) is 11.6 Å². The first-order valence-electron chi connectivity index (χ1n) is 8.64. The van der Waals surface area contributed by atoms with Gasteiger partial charge in [0.15, 0.2) is 15.8 Å². The van der Waals surface area contributed by atoms with Gasteiger partial charge < -0.3 is 10.6 Å². The van der Waals surface area contributed by atoms with Crippen LogP contribution >= 0.6 is 24.0 Å². The summed E-state index contributed by atoms with van der Waals surface area (Å²) in [5.74, 6) is -1.76. The Morgan fingerprint density at radius 3 is 1.97 bits per heavy atom. The third-order valence-corrected chi connectivity index (χ3v) is 4.91. The van der Waals surface area contributed by atoms with Gasteiger partial charge in [0.05, 0.1) is 11.3 Å². The van der Waals surface area contributed by atoms with Crippen molar-refractivity contribution in [2.45, 2.75) is 25.0 Å². The molecule has 172 valence electrons. The smallest absolute Gasteiger partial charge is 0.352 e. The average Bonchev–Trinajstić information content (AvgIpc) is 2.63. The lowest BCUT2D eigenvalue weighted by molar-refractivity contribution is -0.138. The molecule has 0 saturated heterocycles. The molecule has 0 atom stereocenters. The Morgan fingerprint density at radius 1 is 0.935 bits per heavy atom. The minimum Gasteiger partial charge on any atom is -0.352 e. The molecule has 2 N–H and O–H groups in total. The standard InChI is InChI=1S/C19H20F5N3O2S.HI/c1-25-18(26-9-12-3-5-16(21)8-17(12)19(22,23)24)27-10-14-7-15(20)6-4-13(14)11-30(2,28)29;/h3-8H,9-11H2,1-2H3,(H2,25,26,27);1H. The summed E-state index contributed by atoms with van der Waals surface area (Å²) in [6.07, 6.45) is -3.67. The summed E-state index contributed by atoms with van der Waals surface area (Å²) >= 11 is 0. The summed E-state index contributed by atoms with van der Waals surface area (Å²) in [5.41, 5.74) is -0.540. The molecule has 0 amide bonds. The molecule has 0 saturated carbocycles. The number of guanidine groups is 1. The molecule has 0 aromatic heterocycles. The Hall–Kier alpha value is -1.96. The molecule has 0 aliphatic heterocycles. The highest BCUT2D eigenvalue weighted by Crippen LogP contribution is 2.32. The van der Waals surface area contributed by atoms with Crippen LogP contribution in [0.5, 0.6) is 0 Å². The Kier molecular flexibility index (Phi) is 9.67. The molecule has 12 heteroatoms. The van der Waals surface area contributed by atoms with Crippen molar-refractivity contribution < 1.29 is 30.4 Å². The SMILES string of the molecule is CN=C(NCc1cc(F)ccc1CS(C)(=O)=O)NCc1ccc(F)cc1C(F)(F)F.I. The van der Waals surface area contributed by atoms with E-state index in [-0.39, 0.29) is 54.3 Å². The van der Waals surface area contributed by atoms with Crippen molar-refractivity contribution in [3.63, 3.8) is 0 Å². The Bertz CT molecular complexity index is 1040. The normalized spacial score (nSPS) is 12.3.